The lowest BCUT2D eigenvalue weighted by Gasteiger charge is -2.22. The monoisotopic (exact) mass is 250 g/mol. The number of unbranched alkanes of at least 4 members (excludes halogenated alkanes) is 6. The number of thiol groups is 2. The average Bonchev–Trinajstić information content (AvgIpc) is 2.16. The predicted molar refractivity (Wildman–Crippen MR) is 74.9 cm³/mol. The summed E-state index contributed by atoms with van der Waals surface area (Å²) in [5.74, 6) is 0. The fourth-order valence-electron chi connectivity index (χ4n) is 1.62. The molecule has 0 amide bonds. The minimum absolute atomic E-state index is 0.516. The molecule has 0 atom stereocenters. The molecule has 0 saturated heterocycles. The predicted octanol–water partition coefficient (Wildman–Crippen LogP) is 4.68. The lowest BCUT2D eigenvalue weighted by Crippen LogP contribution is -2.17. The SMILES string of the molecule is CCCCCCCCCC(S)(S)OCC. The molecule has 0 unspecified atom stereocenters. The van der Waals surface area contributed by atoms with Crippen molar-refractivity contribution in [3.8, 4) is 0 Å². The second-order valence-electron chi connectivity index (χ2n) is 4.05. The van der Waals surface area contributed by atoms with Crippen LogP contribution in [0.4, 0.5) is 0 Å². The van der Waals surface area contributed by atoms with Crippen molar-refractivity contribution in [2.75, 3.05) is 6.61 Å². The van der Waals surface area contributed by atoms with Gasteiger partial charge in [0.15, 0.2) is 4.27 Å². The topological polar surface area (TPSA) is 9.23 Å². The van der Waals surface area contributed by atoms with E-state index < -0.39 is 4.27 Å². The van der Waals surface area contributed by atoms with Crippen LogP contribution in [0.3, 0.4) is 0 Å². The Morgan fingerprint density at radius 1 is 0.867 bits per heavy atom. The molecule has 0 aliphatic rings. The Morgan fingerprint density at radius 2 is 1.40 bits per heavy atom. The van der Waals surface area contributed by atoms with E-state index in [1.807, 2.05) is 6.92 Å². The first kappa shape index (κ1) is 15.7. The molecule has 15 heavy (non-hydrogen) atoms. The van der Waals surface area contributed by atoms with E-state index in [1.165, 1.54) is 44.9 Å². The Hall–Kier alpha value is 0.660. The molecular weight excluding hydrogens is 224 g/mol. The van der Waals surface area contributed by atoms with Crippen LogP contribution in [-0.2, 0) is 4.74 Å². The Labute approximate surface area is 106 Å². The van der Waals surface area contributed by atoms with E-state index in [-0.39, 0.29) is 0 Å². The highest BCUT2D eigenvalue weighted by molar-refractivity contribution is 8.00. The number of ether oxygens (including phenoxy) is 1. The summed E-state index contributed by atoms with van der Waals surface area (Å²) in [5, 5.41) is 0. The molecule has 0 bridgehead atoms. The molecule has 0 aliphatic carbocycles. The summed E-state index contributed by atoms with van der Waals surface area (Å²) in [6.07, 6.45) is 10.2. The van der Waals surface area contributed by atoms with Crippen molar-refractivity contribution < 1.29 is 4.74 Å². The highest BCUT2D eigenvalue weighted by Gasteiger charge is 2.18. The van der Waals surface area contributed by atoms with E-state index in [2.05, 4.69) is 32.2 Å². The van der Waals surface area contributed by atoms with Crippen LogP contribution in [0.2, 0.25) is 0 Å². The fraction of sp³-hybridized carbons (Fsp3) is 1.00. The molecule has 3 heteroatoms. The van der Waals surface area contributed by atoms with Gasteiger partial charge in [-0.25, -0.2) is 0 Å². The molecule has 0 N–H and O–H groups in total. The van der Waals surface area contributed by atoms with Crippen molar-refractivity contribution in [2.24, 2.45) is 0 Å². The quantitative estimate of drug-likeness (QED) is 0.325. The smallest absolute Gasteiger partial charge is 0.154 e. The third-order valence-electron chi connectivity index (χ3n) is 2.48. The molecule has 0 aliphatic heterocycles. The molecule has 0 radical (unpaired) electrons. The number of hydrogen-bond donors (Lipinski definition) is 2. The zero-order chi connectivity index (χ0) is 11.6. The second kappa shape index (κ2) is 9.86. The summed E-state index contributed by atoms with van der Waals surface area (Å²) < 4.78 is 4.89. The zero-order valence-electron chi connectivity index (χ0n) is 10.2. The average molecular weight is 250 g/mol. The van der Waals surface area contributed by atoms with Gasteiger partial charge in [0, 0.05) is 6.61 Å². The second-order valence-corrected chi connectivity index (χ2v) is 5.85. The molecule has 1 nitrogen and oxygen atoms in total. The van der Waals surface area contributed by atoms with Crippen LogP contribution in [0.5, 0.6) is 0 Å². The molecule has 0 aromatic rings. The van der Waals surface area contributed by atoms with Crippen LogP contribution in [0, 0.1) is 0 Å². The first-order valence-electron chi connectivity index (χ1n) is 6.21. The van der Waals surface area contributed by atoms with E-state index >= 15 is 0 Å². The van der Waals surface area contributed by atoms with Gasteiger partial charge in [-0.2, -0.15) is 0 Å². The minimum atomic E-state index is -0.516. The summed E-state index contributed by atoms with van der Waals surface area (Å²) in [4.78, 5) is 0. The summed E-state index contributed by atoms with van der Waals surface area (Å²) in [6.45, 7) is 4.91. The van der Waals surface area contributed by atoms with Crippen LogP contribution >= 0.6 is 25.3 Å². The number of rotatable bonds is 10. The van der Waals surface area contributed by atoms with Gasteiger partial charge in [0.25, 0.3) is 0 Å². The van der Waals surface area contributed by atoms with Gasteiger partial charge in [0.05, 0.1) is 0 Å². The molecule has 0 rings (SSSR count). The van der Waals surface area contributed by atoms with Gasteiger partial charge in [-0.15, -0.1) is 25.3 Å². The van der Waals surface area contributed by atoms with Crippen LogP contribution in [0.1, 0.15) is 65.2 Å². The lowest BCUT2D eigenvalue weighted by atomic mass is 10.1. The van der Waals surface area contributed by atoms with E-state index in [9.17, 15) is 0 Å². The van der Waals surface area contributed by atoms with Gasteiger partial charge in [-0.1, -0.05) is 45.4 Å². The summed E-state index contributed by atoms with van der Waals surface area (Å²) in [6, 6.07) is 0. The largest absolute Gasteiger partial charge is 0.356 e. The molecule has 0 fully saturated rings. The van der Waals surface area contributed by atoms with Gasteiger partial charge in [0.1, 0.15) is 0 Å². The van der Waals surface area contributed by atoms with Crippen LogP contribution in [-0.4, -0.2) is 10.9 Å². The maximum absolute atomic E-state index is 5.40. The van der Waals surface area contributed by atoms with Crippen molar-refractivity contribution in [3.63, 3.8) is 0 Å². The van der Waals surface area contributed by atoms with Gasteiger partial charge in [0.2, 0.25) is 0 Å². The number of hydrogen-bond acceptors (Lipinski definition) is 3. The minimum Gasteiger partial charge on any atom is -0.356 e. The molecule has 0 aromatic carbocycles. The van der Waals surface area contributed by atoms with Gasteiger partial charge in [-0.3, -0.25) is 0 Å². The Bertz CT molecular complexity index is 138. The highest BCUT2D eigenvalue weighted by atomic mass is 32.2. The Kier molecular flexibility index (Phi) is 10.3. The summed E-state index contributed by atoms with van der Waals surface area (Å²) in [5.41, 5.74) is 0. The third kappa shape index (κ3) is 10.9. The molecule has 0 spiro atoms. The summed E-state index contributed by atoms with van der Waals surface area (Å²) >= 11 is 8.73. The molecule has 92 valence electrons. The van der Waals surface area contributed by atoms with E-state index in [0.717, 1.165) is 6.42 Å². The lowest BCUT2D eigenvalue weighted by molar-refractivity contribution is 0.0954. The van der Waals surface area contributed by atoms with Crippen molar-refractivity contribution in [1.29, 1.82) is 0 Å². The standard InChI is InChI=1S/C12H26OS2/c1-3-5-6-7-8-9-10-11-12(14,15)13-4-2/h14-15H,3-11H2,1-2H3. The first-order chi connectivity index (χ1) is 7.12. The third-order valence-corrected chi connectivity index (χ3v) is 3.19. The van der Waals surface area contributed by atoms with Crippen molar-refractivity contribution in [3.05, 3.63) is 0 Å². The normalized spacial score (nSPS) is 12.0. The van der Waals surface area contributed by atoms with Gasteiger partial charge >= 0.3 is 0 Å². The van der Waals surface area contributed by atoms with E-state index in [4.69, 9.17) is 4.74 Å². The van der Waals surface area contributed by atoms with E-state index in [0.29, 0.717) is 6.61 Å². The van der Waals surface area contributed by atoms with Crippen molar-refractivity contribution in [1.82, 2.24) is 0 Å². The Morgan fingerprint density at radius 3 is 1.93 bits per heavy atom. The van der Waals surface area contributed by atoms with Crippen LogP contribution in [0.25, 0.3) is 0 Å². The van der Waals surface area contributed by atoms with Gasteiger partial charge < -0.3 is 4.74 Å². The summed E-state index contributed by atoms with van der Waals surface area (Å²) in [7, 11) is 0. The van der Waals surface area contributed by atoms with Crippen molar-refractivity contribution >= 4 is 25.3 Å². The zero-order valence-corrected chi connectivity index (χ0v) is 12.0. The molecule has 0 aromatic heterocycles. The van der Waals surface area contributed by atoms with Crippen molar-refractivity contribution in [2.45, 2.75) is 69.5 Å². The maximum Gasteiger partial charge on any atom is 0.154 e. The van der Waals surface area contributed by atoms with Gasteiger partial charge in [-0.05, 0) is 19.8 Å². The molecule has 0 saturated carbocycles. The Balaban J connectivity index is 3.22. The maximum atomic E-state index is 5.40. The van der Waals surface area contributed by atoms with Crippen LogP contribution in [0.15, 0.2) is 0 Å². The highest BCUT2D eigenvalue weighted by Crippen LogP contribution is 2.28. The van der Waals surface area contributed by atoms with Crippen LogP contribution < -0.4 is 0 Å². The molecule has 0 heterocycles. The molecular formula is C12H26OS2. The van der Waals surface area contributed by atoms with E-state index in [1.54, 1.807) is 0 Å². The first-order valence-corrected chi connectivity index (χ1v) is 7.10. The fourth-order valence-corrected chi connectivity index (χ4v) is 2.19.